The van der Waals surface area contributed by atoms with Crippen molar-refractivity contribution in [1.82, 2.24) is 9.62 Å². The van der Waals surface area contributed by atoms with Gasteiger partial charge in [-0.25, -0.2) is 13.1 Å². The first-order valence-corrected chi connectivity index (χ1v) is 8.47. The average molecular weight is 313 g/mol. The molecule has 0 bridgehead atoms. The Morgan fingerprint density at radius 2 is 2.10 bits per heavy atom. The van der Waals surface area contributed by atoms with Crippen LogP contribution in [0.25, 0.3) is 0 Å². The van der Waals surface area contributed by atoms with E-state index in [-0.39, 0.29) is 4.90 Å². The van der Waals surface area contributed by atoms with Gasteiger partial charge >= 0.3 is 0 Å². The van der Waals surface area contributed by atoms with Crippen LogP contribution < -0.4 is 15.2 Å². The van der Waals surface area contributed by atoms with Gasteiger partial charge in [-0.15, -0.1) is 0 Å². The van der Waals surface area contributed by atoms with E-state index in [1.807, 2.05) is 14.0 Å². The number of nitrogens with zero attached hydrogens (tertiary/aromatic N) is 1. The second-order valence-electron chi connectivity index (χ2n) is 5.47. The molecule has 1 fully saturated rings. The van der Waals surface area contributed by atoms with Crippen molar-refractivity contribution < 1.29 is 13.2 Å². The summed E-state index contributed by atoms with van der Waals surface area (Å²) in [6, 6.07) is 3.69. The van der Waals surface area contributed by atoms with E-state index in [0.29, 0.717) is 30.6 Å². The molecule has 3 N–H and O–H groups in total. The monoisotopic (exact) mass is 313 g/mol. The van der Waals surface area contributed by atoms with Crippen molar-refractivity contribution in [3.05, 3.63) is 17.7 Å². The van der Waals surface area contributed by atoms with Gasteiger partial charge in [0, 0.05) is 24.8 Å². The van der Waals surface area contributed by atoms with Crippen molar-refractivity contribution in [3.8, 4) is 5.75 Å². The maximum absolute atomic E-state index is 12.4. The van der Waals surface area contributed by atoms with E-state index < -0.39 is 10.0 Å². The summed E-state index contributed by atoms with van der Waals surface area (Å²) in [4.78, 5) is 2.26. The van der Waals surface area contributed by atoms with Crippen molar-refractivity contribution in [2.75, 3.05) is 33.0 Å². The summed E-state index contributed by atoms with van der Waals surface area (Å²) in [5.74, 6) is 0.310. The number of nitrogens with two attached hydrogens (primary N) is 1. The summed E-state index contributed by atoms with van der Waals surface area (Å²) >= 11 is 0. The Kier molecular flexibility index (Phi) is 4.75. The Morgan fingerprint density at radius 3 is 2.67 bits per heavy atom. The maximum atomic E-state index is 12.4. The molecule has 0 unspecified atom stereocenters. The molecule has 0 spiro atoms. The number of rotatable bonds is 7. The molecule has 1 aliphatic rings. The molecule has 1 aromatic rings. The number of benzene rings is 1. The van der Waals surface area contributed by atoms with Crippen LogP contribution in [0.4, 0.5) is 5.69 Å². The molecule has 0 heterocycles. The number of hydrogen-bond acceptors (Lipinski definition) is 5. The summed E-state index contributed by atoms with van der Waals surface area (Å²) in [7, 11) is -0.165. The molecular formula is C14H23N3O3S. The number of ether oxygens (including phenoxy) is 1. The fourth-order valence-corrected chi connectivity index (χ4v) is 3.38. The van der Waals surface area contributed by atoms with Crippen molar-refractivity contribution in [2.24, 2.45) is 0 Å². The lowest BCUT2D eigenvalue weighted by atomic mass is 10.2. The second kappa shape index (κ2) is 6.21. The molecule has 1 aliphatic carbocycles. The zero-order chi connectivity index (χ0) is 15.6. The fraction of sp³-hybridized carbons (Fsp3) is 0.571. The van der Waals surface area contributed by atoms with E-state index >= 15 is 0 Å². The Morgan fingerprint density at radius 1 is 1.43 bits per heavy atom. The Balaban J connectivity index is 2.09. The normalized spacial score (nSPS) is 15.4. The minimum absolute atomic E-state index is 0.0853. The molecule has 0 aliphatic heterocycles. The lowest BCUT2D eigenvalue weighted by Crippen LogP contribution is -2.34. The average Bonchev–Trinajstić information content (AvgIpc) is 3.25. The fourth-order valence-electron chi connectivity index (χ4n) is 2.18. The number of anilines is 1. The lowest BCUT2D eigenvalue weighted by Gasteiger charge is -2.17. The highest BCUT2D eigenvalue weighted by molar-refractivity contribution is 7.89. The molecule has 0 radical (unpaired) electrons. The number of sulfonamides is 1. The van der Waals surface area contributed by atoms with Gasteiger partial charge in [0.05, 0.1) is 7.11 Å². The Labute approximate surface area is 126 Å². The largest absolute Gasteiger partial charge is 0.495 e. The van der Waals surface area contributed by atoms with Crippen LogP contribution in [0.15, 0.2) is 17.0 Å². The van der Waals surface area contributed by atoms with Crippen LogP contribution in [-0.4, -0.2) is 46.6 Å². The van der Waals surface area contributed by atoms with Crippen LogP contribution >= 0.6 is 0 Å². The van der Waals surface area contributed by atoms with Gasteiger partial charge in [-0.3, -0.25) is 0 Å². The minimum Gasteiger partial charge on any atom is -0.495 e. The summed E-state index contributed by atoms with van der Waals surface area (Å²) < 4.78 is 32.5. The van der Waals surface area contributed by atoms with E-state index in [1.54, 1.807) is 6.07 Å². The SMILES string of the molecule is COc1cc(C)c(N)cc1S(=O)(=O)NCCN(C)C1CC1. The van der Waals surface area contributed by atoms with E-state index in [2.05, 4.69) is 9.62 Å². The van der Waals surface area contributed by atoms with Crippen molar-refractivity contribution in [2.45, 2.75) is 30.7 Å². The lowest BCUT2D eigenvalue weighted by molar-refractivity contribution is 0.329. The predicted molar refractivity (Wildman–Crippen MR) is 83.0 cm³/mol. The highest BCUT2D eigenvalue weighted by Crippen LogP contribution is 2.29. The van der Waals surface area contributed by atoms with Gasteiger partial charge in [-0.05, 0) is 44.5 Å². The molecule has 1 aromatic carbocycles. The van der Waals surface area contributed by atoms with Crippen LogP contribution in [0.3, 0.4) is 0 Å². The standard InChI is InChI=1S/C14H23N3O3S/c1-10-8-13(20-3)14(9-12(10)15)21(18,19)16-6-7-17(2)11-4-5-11/h8-9,11,16H,4-7,15H2,1-3H3. The zero-order valence-electron chi connectivity index (χ0n) is 12.7. The van der Waals surface area contributed by atoms with Crippen LogP contribution in [0.5, 0.6) is 5.75 Å². The third kappa shape index (κ3) is 3.87. The maximum Gasteiger partial charge on any atom is 0.244 e. The smallest absolute Gasteiger partial charge is 0.244 e. The first-order chi connectivity index (χ1) is 9.85. The minimum atomic E-state index is -3.62. The van der Waals surface area contributed by atoms with Crippen molar-refractivity contribution in [1.29, 1.82) is 0 Å². The number of hydrogen-bond donors (Lipinski definition) is 2. The molecule has 0 atom stereocenters. The number of nitrogens with one attached hydrogen (secondary N) is 1. The van der Waals surface area contributed by atoms with Gasteiger partial charge in [0.2, 0.25) is 10.0 Å². The molecular weight excluding hydrogens is 290 g/mol. The van der Waals surface area contributed by atoms with Crippen LogP contribution in [0.2, 0.25) is 0 Å². The molecule has 6 nitrogen and oxygen atoms in total. The number of methoxy groups -OCH3 is 1. The van der Waals surface area contributed by atoms with Gasteiger partial charge in [0.25, 0.3) is 0 Å². The van der Waals surface area contributed by atoms with E-state index in [9.17, 15) is 8.42 Å². The third-order valence-electron chi connectivity index (χ3n) is 3.77. The first-order valence-electron chi connectivity index (χ1n) is 6.99. The summed E-state index contributed by atoms with van der Waals surface area (Å²) in [6.07, 6.45) is 2.40. The van der Waals surface area contributed by atoms with Gasteiger partial charge in [-0.2, -0.15) is 0 Å². The Bertz CT molecular complexity index is 612. The van der Waals surface area contributed by atoms with Crippen molar-refractivity contribution in [3.63, 3.8) is 0 Å². The van der Waals surface area contributed by atoms with Gasteiger partial charge in [0.1, 0.15) is 10.6 Å². The topological polar surface area (TPSA) is 84.7 Å². The van der Waals surface area contributed by atoms with Gasteiger partial charge in [0.15, 0.2) is 0 Å². The molecule has 0 amide bonds. The summed E-state index contributed by atoms with van der Waals surface area (Å²) in [6.45, 7) is 2.87. The number of nitrogen functional groups attached to an aromatic ring is 1. The molecule has 2 rings (SSSR count). The highest BCUT2D eigenvalue weighted by Gasteiger charge is 2.26. The van der Waals surface area contributed by atoms with Gasteiger partial charge in [-0.1, -0.05) is 0 Å². The first kappa shape index (κ1) is 16.1. The quantitative estimate of drug-likeness (QED) is 0.732. The Hall–Kier alpha value is -1.31. The van der Waals surface area contributed by atoms with Crippen LogP contribution in [0.1, 0.15) is 18.4 Å². The van der Waals surface area contributed by atoms with Crippen LogP contribution in [-0.2, 0) is 10.0 Å². The molecule has 7 heteroatoms. The molecule has 0 saturated heterocycles. The van der Waals surface area contributed by atoms with Crippen molar-refractivity contribution >= 4 is 15.7 Å². The molecule has 118 valence electrons. The van der Waals surface area contributed by atoms with Crippen LogP contribution in [0, 0.1) is 6.92 Å². The second-order valence-corrected chi connectivity index (χ2v) is 7.20. The van der Waals surface area contributed by atoms with Gasteiger partial charge < -0.3 is 15.4 Å². The number of aryl methyl sites for hydroxylation is 1. The number of likely N-dealkylation sites (N-methyl/N-ethyl adjacent to an activating group) is 1. The van der Waals surface area contributed by atoms with E-state index in [0.717, 1.165) is 5.56 Å². The summed E-state index contributed by atoms with van der Waals surface area (Å²) in [5.41, 5.74) is 7.04. The molecule has 21 heavy (non-hydrogen) atoms. The molecule has 0 aromatic heterocycles. The highest BCUT2D eigenvalue weighted by atomic mass is 32.2. The van der Waals surface area contributed by atoms with E-state index in [4.69, 9.17) is 10.5 Å². The molecule has 1 saturated carbocycles. The third-order valence-corrected chi connectivity index (χ3v) is 5.25. The zero-order valence-corrected chi connectivity index (χ0v) is 13.5. The predicted octanol–water partition coefficient (Wildman–Crippen LogP) is 0.958. The van der Waals surface area contributed by atoms with E-state index in [1.165, 1.54) is 26.0 Å². The summed E-state index contributed by atoms with van der Waals surface area (Å²) in [5, 5.41) is 0.